The first-order valence-corrected chi connectivity index (χ1v) is 10.0. The van der Waals surface area contributed by atoms with Crippen LogP contribution in [0.3, 0.4) is 0 Å². The van der Waals surface area contributed by atoms with Crippen molar-refractivity contribution in [3.8, 4) is 0 Å². The van der Waals surface area contributed by atoms with Gasteiger partial charge in [-0.2, -0.15) is 0 Å². The Labute approximate surface area is 153 Å². The molecule has 0 saturated carbocycles. The molecule has 0 atom stereocenters. The van der Waals surface area contributed by atoms with Gasteiger partial charge in [0.2, 0.25) is 10.0 Å². The third-order valence-corrected chi connectivity index (χ3v) is 5.71. The van der Waals surface area contributed by atoms with Crippen molar-refractivity contribution < 1.29 is 13.2 Å². The van der Waals surface area contributed by atoms with Gasteiger partial charge in [-0.15, -0.1) is 0 Å². The number of morpholine rings is 1. The molecule has 0 spiro atoms. The highest BCUT2D eigenvalue weighted by atomic mass is 35.5. The molecule has 2 aromatic rings. The van der Waals surface area contributed by atoms with E-state index in [-0.39, 0.29) is 11.4 Å². The summed E-state index contributed by atoms with van der Waals surface area (Å²) in [5.74, 6) is 0. The first kappa shape index (κ1) is 18.4. The quantitative estimate of drug-likeness (QED) is 0.837. The SMILES string of the molecule is O=S(=O)(NCc1cccc(CN2CCOCC2)c1)c1cccc(Cl)c1. The van der Waals surface area contributed by atoms with Gasteiger partial charge in [-0.25, -0.2) is 13.1 Å². The lowest BCUT2D eigenvalue weighted by molar-refractivity contribution is 0.0342. The third-order valence-electron chi connectivity index (χ3n) is 4.07. The predicted molar refractivity (Wildman–Crippen MR) is 98.0 cm³/mol. The number of hydrogen-bond donors (Lipinski definition) is 1. The molecule has 0 unspecified atom stereocenters. The van der Waals surface area contributed by atoms with Gasteiger partial charge in [-0.05, 0) is 29.3 Å². The van der Waals surface area contributed by atoms with Crippen LogP contribution in [0.15, 0.2) is 53.4 Å². The van der Waals surface area contributed by atoms with Crippen LogP contribution < -0.4 is 4.72 Å². The van der Waals surface area contributed by atoms with Crippen molar-refractivity contribution in [3.63, 3.8) is 0 Å². The van der Waals surface area contributed by atoms with E-state index in [1.807, 2.05) is 18.2 Å². The van der Waals surface area contributed by atoms with Crippen molar-refractivity contribution >= 4 is 21.6 Å². The van der Waals surface area contributed by atoms with Crippen LogP contribution in [-0.2, 0) is 27.8 Å². The molecule has 1 N–H and O–H groups in total. The topological polar surface area (TPSA) is 58.6 Å². The van der Waals surface area contributed by atoms with E-state index in [1.54, 1.807) is 12.1 Å². The summed E-state index contributed by atoms with van der Waals surface area (Å²) in [7, 11) is -3.58. The number of nitrogens with one attached hydrogen (secondary N) is 1. The minimum absolute atomic E-state index is 0.171. The van der Waals surface area contributed by atoms with Crippen molar-refractivity contribution in [3.05, 3.63) is 64.7 Å². The Morgan fingerprint density at radius 3 is 2.52 bits per heavy atom. The van der Waals surface area contributed by atoms with Gasteiger partial charge in [-0.1, -0.05) is 41.9 Å². The Bertz CT molecular complexity index is 821. The maximum Gasteiger partial charge on any atom is 0.240 e. The fourth-order valence-electron chi connectivity index (χ4n) is 2.75. The highest BCUT2D eigenvalue weighted by Gasteiger charge is 2.14. The van der Waals surface area contributed by atoms with Crippen molar-refractivity contribution in [2.24, 2.45) is 0 Å². The second-order valence-corrected chi connectivity index (χ2v) is 8.19. The van der Waals surface area contributed by atoms with Gasteiger partial charge in [-0.3, -0.25) is 4.90 Å². The lowest BCUT2D eigenvalue weighted by atomic mass is 10.1. The predicted octanol–water partition coefficient (Wildman–Crippen LogP) is 2.65. The van der Waals surface area contributed by atoms with E-state index < -0.39 is 10.0 Å². The number of sulfonamides is 1. The van der Waals surface area contributed by atoms with Gasteiger partial charge in [0, 0.05) is 31.2 Å². The summed E-state index contributed by atoms with van der Waals surface area (Å²) in [6.45, 7) is 4.46. The molecule has 0 aliphatic carbocycles. The number of halogens is 1. The highest BCUT2D eigenvalue weighted by Crippen LogP contribution is 2.16. The Kier molecular flexibility index (Phi) is 6.09. The fraction of sp³-hybridized carbons (Fsp3) is 0.333. The standard InChI is InChI=1S/C18H21ClN2O3S/c19-17-5-2-6-18(12-17)25(22,23)20-13-15-3-1-4-16(11-15)14-21-7-9-24-10-8-21/h1-6,11-12,20H,7-10,13-14H2. The Morgan fingerprint density at radius 1 is 1.04 bits per heavy atom. The average molecular weight is 381 g/mol. The molecule has 0 bridgehead atoms. The van der Waals surface area contributed by atoms with Crippen molar-refractivity contribution in [2.75, 3.05) is 26.3 Å². The maximum absolute atomic E-state index is 12.4. The summed E-state index contributed by atoms with van der Waals surface area (Å²) in [5, 5.41) is 0.399. The molecule has 0 amide bonds. The molecule has 1 aliphatic rings. The van der Waals surface area contributed by atoms with Crippen LogP contribution in [0.5, 0.6) is 0 Å². The van der Waals surface area contributed by atoms with E-state index in [1.165, 1.54) is 17.7 Å². The van der Waals surface area contributed by atoms with Gasteiger partial charge in [0.1, 0.15) is 0 Å². The van der Waals surface area contributed by atoms with Crippen LogP contribution in [0.2, 0.25) is 5.02 Å². The van der Waals surface area contributed by atoms with Crippen LogP contribution in [0.1, 0.15) is 11.1 Å². The molecule has 0 radical (unpaired) electrons. The molecule has 5 nitrogen and oxygen atoms in total. The van der Waals surface area contributed by atoms with Crippen molar-refractivity contribution in [1.82, 2.24) is 9.62 Å². The lowest BCUT2D eigenvalue weighted by Crippen LogP contribution is -2.35. The monoisotopic (exact) mass is 380 g/mol. The zero-order chi connectivity index (χ0) is 17.7. The number of ether oxygens (including phenoxy) is 1. The molecule has 2 aromatic carbocycles. The van der Waals surface area contributed by atoms with Crippen LogP contribution in [-0.4, -0.2) is 39.6 Å². The summed E-state index contributed by atoms with van der Waals surface area (Å²) < 4.78 is 32.7. The molecule has 1 fully saturated rings. The van der Waals surface area contributed by atoms with Crippen LogP contribution in [0.4, 0.5) is 0 Å². The van der Waals surface area contributed by atoms with Crippen LogP contribution in [0.25, 0.3) is 0 Å². The molecule has 1 heterocycles. The molecule has 25 heavy (non-hydrogen) atoms. The molecule has 134 valence electrons. The number of benzene rings is 2. The Balaban J connectivity index is 1.64. The van der Waals surface area contributed by atoms with Crippen molar-refractivity contribution in [1.29, 1.82) is 0 Å². The van der Waals surface area contributed by atoms with Crippen LogP contribution >= 0.6 is 11.6 Å². The average Bonchev–Trinajstić information content (AvgIpc) is 2.61. The molecule has 0 aromatic heterocycles. The van der Waals surface area contributed by atoms with Gasteiger partial charge >= 0.3 is 0 Å². The largest absolute Gasteiger partial charge is 0.379 e. The van der Waals surface area contributed by atoms with Gasteiger partial charge in [0.15, 0.2) is 0 Å². The zero-order valence-electron chi connectivity index (χ0n) is 13.8. The molecule has 3 rings (SSSR count). The number of nitrogens with zero attached hydrogens (tertiary/aromatic N) is 1. The zero-order valence-corrected chi connectivity index (χ0v) is 15.4. The molecular weight excluding hydrogens is 360 g/mol. The normalized spacial score (nSPS) is 16.0. The summed E-state index contributed by atoms with van der Waals surface area (Å²) in [4.78, 5) is 2.50. The van der Waals surface area contributed by atoms with Gasteiger partial charge < -0.3 is 4.74 Å². The van der Waals surface area contributed by atoms with E-state index in [0.717, 1.165) is 38.4 Å². The molecular formula is C18H21ClN2O3S. The second-order valence-electron chi connectivity index (χ2n) is 5.99. The molecule has 1 aliphatic heterocycles. The van der Waals surface area contributed by atoms with Crippen LogP contribution in [0, 0.1) is 0 Å². The number of hydrogen-bond acceptors (Lipinski definition) is 4. The molecule has 7 heteroatoms. The second kappa shape index (κ2) is 8.29. The number of rotatable bonds is 6. The summed E-state index contributed by atoms with van der Waals surface area (Å²) in [6, 6.07) is 14.2. The fourth-order valence-corrected chi connectivity index (χ4v) is 4.07. The minimum Gasteiger partial charge on any atom is -0.379 e. The van der Waals surface area contributed by atoms with E-state index in [4.69, 9.17) is 16.3 Å². The van der Waals surface area contributed by atoms with Crippen molar-refractivity contribution in [2.45, 2.75) is 18.0 Å². The first-order valence-electron chi connectivity index (χ1n) is 8.16. The van der Waals surface area contributed by atoms with Gasteiger partial charge in [0.05, 0.1) is 18.1 Å². The first-order chi connectivity index (χ1) is 12.0. The minimum atomic E-state index is -3.58. The van der Waals surface area contributed by atoms with E-state index >= 15 is 0 Å². The highest BCUT2D eigenvalue weighted by molar-refractivity contribution is 7.89. The lowest BCUT2D eigenvalue weighted by Gasteiger charge is -2.26. The summed E-state index contributed by atoms with van der Waals surface area (Å²) >= 11 is 5.88. The van der Waals surface area contributed by atoms with E-state index in [0.29, 0.717) is 5.02 Å². The third kappa shape index (κ3) is 5.26. The Hall–Kier alpha value is -1.44. The maximum atomic E-state index is 12.4. The molecule has 1 saturated heterocycles. The van der Waals surface area contributed by atoms with E-state index in [9.17, 15) is 8.42 Å². The summed E-state index contributed by atoms with van der Waals surface area (Å²) in [6.07, 6.45) is 0. The summed E-state index contributed by atoms with van der Waals surface area (Å²) in [5.41, 5.74) is 2.10. The van der Waals surface area contributed by atoms with Gasteiger partial charge in [0.25, 0.3) is 0 Å². The smallest absolute Gasteiger partial charge is 0.240 e. The Morgan fingerprint density at radius 2 is 1.76 bits per heavy atom. The van der Waals surface area contributed by atoms with E-state index in [2.05, 4.69) is 15.7 Å².